The molecule has 0 aliphatic heterocycles. The number of benzene rings is 2. The zero-order valence-corrected chi connectivity index (χ0v) is 13.5. The van der Waals surface area contributed by atoms with E-state index in [1.54, 1.807) is 12.1 Å². The van der Waals surface area contributed by atoms with Gasteiger partial charge in [-0.1, -0.05) is 81.4 Å². The first-order valence-corrected chi connectivity index (χ1v) is 7.63. The maximum atomic E-state index is 12.8. The summed E-state index contributed by atoms with van der Waals surface area (Å²) in [6.45, 7) is 6.05. The third-order valence-corrected chi connectivity index (χ3v) is 3.56. The molecule has 0 amide bonds. The highest BCUT2D eigenvalue weighted by atomic mass is 16.4. The second kappa shape index (κ2) is 5.84. The molecule has 0 saturated heterocycles. The second-order valence-electron chi connectivity index (χ2n) is 6.51. The maximum Gasteiger partial charge on any atom is 0.230 e. The highest BCUT2D eigenvalue weighted by Crippen LogP contribution is 2.31. The Morgan fingerprint density at radius 3 is 2.04 bits per heavy atom. The lowest BCUT2D eigenvalue weighted by molar-refractivity contribution is 0.101. The smallest absolute Gasteiger partial charge is 0.230 e. The Balaban J connectivity index is 2.15. The lowest BCUT2D eigenvalue weighted by Crippen LogP contribution is -2.11. The highest BCUT2D eigenvalue weighted by molar-refractivity contribution is 6.10. The molecule has 1 aromatic heterocycles. The van der Waals surface area contributed by atoms with Crippen LogP contribution >= 0.6 is 0 Å². The van der Waals surface area contributed by atoms with Crippen molar-refractivity contribution < 1.29 is 9.21 Å². The Hall–Kier alpha value is -2.68. The fourth-order valence-corrected chi connectivity index (χ4v) is 2.31. The van der Waals surface area contributed by atoms with Crippen LogP contribution in [-0.4, -0.2) is 10.8 Å². The van der Waals surface area contributed by atoms with Gasteiger partial charge in [0.25, 0.3) is 0 Å². The van der Waals surface area contributed by atoms with Crippen LogP contribution in [0.2, 0.25) is 0 Å². The summed E-state index contributed by atoms with van der Waals surface area (Å²) in [5, 5.41) is 0. The molecule has 3 rings (SSSR count). The number of ketones is 1. The van der Waals surface area contributed by atoms with Gasteiger partial charge in [-0.3, -0.25) is 4.79 Å². The minimum atomic E-state index is -0.265. The first-order valence-electron chi connectivity index (χ1n) is 7.63. The highest BCUT2D eigenvalue weighted by Gasteiger charge is 2.28. The Bertz CT molecular complexity index is 812. The van der Waals surface area contributed by atoms with E-state index >= 15 is 0 Å². The summed E-state index contributed by atoms with van der Waals surface area (Å²) in [7, 11) is 0. The van der Waals surface area contributed by atoms with Crippen LogP contribution in [0.4, 0.5) is 0 Å². The Labute approximate surface area is 136 Å². The van der Waals surface area contributed by atoms with Gasteiger partial charge < -0.3 is 4.42 Å². The van der Waals surface area contributed by atoms with E-state index in [2.05, 4.69) is 4.98 Å². The van der Waals surface area contributed by atoms with Crippen LogP contribution in [-0.2, 0) is 5.41 Å². The topological polar surface area (TPSA) is 43.1 Å². The molecule has 0 radical (unpaired) electrons. The lowest BCUT2D eigenvalue weighted by Gasteiger charge is -2.11. The van der Waals surface area contributed by atoms with Gasteiger partial charge in [-0.05, 0) is 0 Å². The summed E-state index contributed by atoms with van der Waals surface area (Å²) in [4.78, 5) is 17.5. The van der Waals surface area contributed by atoms with E-state index in [0.29, 0.717) is 22.9 Å². The minimum absolute atomic E-state index is 0.146. The third-order valence-electron chi connectivity index (χ3n) is 3.56. The van der Waals surface area contributed by atoms with Gasteiger partial charge in [0.1, 0.15) is 5.69 Å². The molecule has 0 spiro atoms. The Kier molecular flexibility index (Phi) is 3.87. The third kappa shape index (κ3) is 3.09. The molecule has 0 bridgehead atoms. The number of oxazole rings is 1. The van der Waals surface area contributed by atoms with E-state index < -0.39 is 0 Å². The van der Waals surface area contributed by atoms with Crippen molar-refractivity contribution in [1.29, 1.82) is 0 Å². The molecule has 0 N–H and O–H groups in total. The van der Waals surface area contributed by atoms with Crippen LogP contribution in [0.3, 0.4) is 0 Å². The van der Waals surface area contributed by atoms with Crippen molar-refractivity contribution in [3.63, 3.8) is 0 Å². The SMILES string of the molecule is CC(C)(C)c1nc(-c2ccccc2)c(C(=O)c2ccccc2)o1. The average Bonchev–Trinajstić information content (AvgIpc) is 3.01. The zero-order chi connectivity index (χ0) is 16.4. The number of carbonyl (C=O) groups is 1. The maximum absolute atomic E-state index is 12.8. The van der Waals surface area contributed by atoms with E-state index in [0.717, 1.165) is 5.56 Å². The second-order valence-corrected chi connectivity index (χ2v) is 6.51. The normalized spacial score (nSPS) is 11.4. The van der Waals surface area contributed by atoms with Crippen molar-refractivity contribution in [2.24, 2.45) is 0 Å². The van der Waals surface area contributed by atoms with Crippen LogP contribution in [0.25, 0.3) is 11.3 Å². The summed E-state index contributed by atoms with van der Waals surface area (Å²) in [5.41, 5.74) is 1.82. The molecule has 0 aliphatic carbocycles. The number of carbonyl (C=O) groups excluding carboxylic acids is 1. The molecule has 23 heavy (non-hydrogen) atoms. The summed E-state index contributed by atoms with van der Waals surface area (Å²) in [5.74, 6) is 0.718. The monoisotopic (exact) mass is 305 g/mol. The molecule has 0 fully saturated rings. The predicted octanol–water partition coefficient (Wildman–Crippen LogP) is 4.87. The van der Waals surface area contributed by atoms with Crippen molar-refractivity contribution >= 4 is 5.78 Å². The van der Waals surface area contributed by atoms with Gasteiger partial charge in [0, 0.05) is 16.5 Å². The van der Waals surface area contributed by atoms with E-state index in [1.807, 2.05) is 69.3 Å². The number of hydrogen-bond donors (Lipinski definition) is 0. The van der Waals surface area contributed by atoms with E-state index in [1.165, 1.54) is 0 Å². The summed E-state index contributed by atoms with van der Waals surface area (Å²) in [6, 6.07) is 18.8. The van der Waals surface area contributed by atoms with E-state index in [9.17, 15) is 4.79 Å². The number of aromatic nitrogens is 1. The summed E-state index contributed by atoms with van der Waals surface area (Å²) in [6.07, 6.45) is 0. The number of rotatable bonds is 3. The van der Waals surface area contributed by atoms with Crippen molar-refractivity contribution in [2.75, 3.05) is 0 Å². The fourth-order valence-electron chi connectivity index (χ4n) is 2.31. The van der Waals surface area contributed by atoms with Crippen molar-refractivity contribution in [3.8, 4) is 11.3 Å². The van der Waals surface area contributed by atoms with Gasteiger partial charge >= 0.3 is 0 Å². The fraction of sp³-hybridized carbons (Fsp3) is 0.200. The standard InChI is InChI=1S/C20H19NO2/c1-20(2,3)19-21-16(14-10-6-4-7-11-14)18(23-19)17(22)15-12-8-5-9-13-15/h4-13H,1-3H3. The van der Waals surface area contributed by atoms with Crippen LogP contribution in [0.5, 0.6) is 0 Å². The molecule has 3 heteroatoms. The van der Waals surface area contributed by atoms with Crippen molar-refractivity contribution in [2.45, 2.75) is 26.2 Å². The van der Waals surface area contributed by atoms with Crippen LogP contribution < -0.4 is 0 Å². The van der Waals surface area contributed by atoms with Gasteiger partial charge in [0.15, 0.2) is 0 Å². The molecule has 3 aromatic rings. The summed E-state index contributed by atoms with van der Waals surface area (Å²) < 4.78 is 5.89. The largest absolute Gasteiger partial charge is 0.436 e. The quantitative estimate of drug-likeness (QED) is 0.648. The van der Waals surface area contributed by atoms with Crippen molar-refractivity contribution in [1.82, 2.24) is 4.98 Å². The average molecular weight is 305 g/mol. The van der Waals surface area contributed by atoms with Crippen LogP contribution in [0.15, 0.2) is 65.1 Å². The number of nitrogens with zero attached hydrogens (tertiary/aromatic N) is 1. The first kappa shape index (κ1) is 15.2. The van der Waals surface area contributed by atoms with Crippen LogP contribution in [0.1, 0.15) is 42.8 Å². The molecular formula is C20H19NO2. The number of hydrogen-bond acceptors (Lipinski definition) is 3. The molecule has 116 valence electrons. The van der Waals surface area contributed by atoms with Crippen molar-refractivity contribution in [3.05, 3.63) is 77.9 Å². The molecule has 0 unspecified atom stereocenters. The Morgan fingerprint density at radius 2 is 1.48 bits per heavy atom. The summed E-state index contributed by atoms with van der Waals surface area (Å²) >= 11 is 0. The first-order chi connectivity index (χ1) is 11.0. The van der Waals surface area contributed by atoms with Gasteiger partial charge in [-0.15, -0.1) is 0 Å². The molecule has 3 nitrogen and oxygen atoms in total. The van der Waals surface area contributed by atoms with Gasteiger partial charge in [-0.2, -0.15) is 0 Å². The molecule has 0 atom stereocenters. The lowest BCUT2D eigenvalue weighted by atomic mass is 9.97. The van der Waals surface area contributed by atoms with Gasteiger partial charge in [0.05, 0.1) is 0 Å². The molecule has 2 aromatic carbocycles. The Morgan fingerprint density at radius 1 is 0.913 bits per heavy atom. The molecule has 1 heterocycles. The van der Waals surface area contributed by atoms with Crippen LogP contribution in [0, 0.1) is 0 Å². The van der Waals surface area contributed by atoms with Gasteiger partial charge in [0.2, 0.25) is 17.4 Å². The molecule has 0 saturated carbocycles. The predicted molar refractivity (Wildman–Crippen MR) is 90.5 cm³/mol. The molecular weight excluding hydrogens is 286 g/mol. The minimum Gasteiger partial charge on any atom is -0.436 e. The van der Waals surface area contributed by atoms with E-state index in [4.69, 9.17) is 4.42 Å². The molecule has 0 aliphatic rings. The zero-order valence-electron chi connectivity index (χ0n) is 13.5. The van der Waals surface area contributed by atoms with E-state index in [-0.39, 0.29) is 11.2 Å². The van der Waals surface area contributed by atoms with Gasteiger partial charge in [-0.25, -0.2) is 4.98 Å².